The average molecular weight is 653 g/mol. The second kappa shape index (κ2) is 10.8. The van der Waals surface area contributed by atoms with Crippen molar-refractivity contribution in [2.75, 3.05) is 5.32 Å². The van der Waals surface area contributed by atoms with E-state index in [-0.39, 0.29) is 52.5 Å². The van der Waals surface area contributed by atoms with Gasteiger partial charge in [-0.25, -0.2) is 23.7 Å². The number of likely N-dealkylation sites (tertiary alicyclic amines) is 1. The molecular weight excluding hydrogens is 620 g/mol. The molecule has 0 radical (unpaired) electrons. The molecule has 1 saturated carbocycles. The second-order valence-electron chi connectivity index (χ2n) is 12.0. The lowest BCUT2D eigenvalue weighted by Gasteiger charge is -2.32. The number of aromatic nitrogens is 5. The summed E-state index contributed by atoms with van der Waals surface area (Å²) < 4.78 is 31.4. The first-order valence-corrected chi connectivity index (χ1v) is 15.0. The highest BCUT2D eigenvalue weighted by molar-refractivity contribution is 9.10. The summed E-state index contributed by atoms with van der Waals surface area (Å²) in [7, 11) is 0. The molecule has 1 aliphatic heterocycles. The Morgan fingerprint density at radius 1 is 1.14 bits per heavy atom. The highest BCUT2D eigenvalue weighted by Gasteiger charge is 2.63. The standard InChI is InChI=1S/C31H32BrF2N7O2/c1-15-6-7-25(32)37-29(15)38-30(43)23-10-31(5)11-24(31)41(23)16(2)14-40-27-21(26(39-40)17(3)42)8-19(9-22(27)28(33)34)20-12-35-18(4)36-13-20/h6-9,12-13,16,23-24,28H,10-11,14H2,1-5H3,(H,37,38,43)/t16?,23-,24+,31-/m0/s1. The number of anilines is 1. The lowest BCUT2D eigenvalue weighted by Crippen LogP contribution is -2.48. The molecule has 4 aromatic rings. The number of carbonyl (C=O) groups excluding carboxylic acids is 2. The monoisotopic (exact) mass is 651 g/mol. The van der Waals surface area contributed by atoms with Crippen molar-refractivity contribution in [3.05, 3.63) is 63.9 Å². The summed E-state index contributed by atoms with van der Waals surface area (Å²) in [5.41, 5.74) is 2.04. The third-order valence-electron chi connectivity index (χ3n) is 8.79. The largest absolute Gasteiger partial charge is 0.309 e. The lowest BCUT2D eigenvalue weighted by atomic mass is 10.00. The van der Waals surface area contributed by atoms with Gasteiger partial charge in [-0.1, -0.05) is 13.0 Å². The number of ketones is 1. The maximum absolute atomic E-state index is 14.6. The highest BCUT2D eigenvalue weighted by Crippen LogP contribution is 2.60. The van der Waals surface area contributed by atoms with Gasteiger partial charge in [-0.15, -0.1) is 0 Å². The van der Waals surface area contributed by atoms with Crippen LogP contribution >= 0.6 is 15.9 Å². The number of Topliss-reactive ketones (excluding diaryl/α,β-unsaturated/α-hetero) is 1. The summed E-state index contributed by atoms with van der Waals surface area (Å²) >= 11 is 3.37. The Labute approximate surface area is 256 Å². The molecule has 4 atom stereocenters. The maximum Gasteiger partial charge on any atom is 0.265 e. The second-order valence-corrected chi connectivity index (χ2v) is 12.9. The third-order valence-corrected chi connectivity index (χ3v) is 9.23. The first-order chi connectivity index (χ1) is 20.4. The normalized spacial score (nSPS) is 22.2. The molecule has 2 aliphatic rings. The number of pyridine rings is 1. The molecule has 1 amide bonds. The number of hydrogen-bond acceptors (Lipinski definition) is 7. The van der Waals surface area contributed by atoms with Crippen LogP contribution in [0.2, 0.25) is 0 Å². The van der Waals surface area contributed by atoms with Crippen molar-refractivity contribution in [3.63, 3.8) is 0 Å². The van der Waals surface area contributed by atoms with E-state index in [9.17, 15) is 18.4 Å². The van der Waals surface area contributed by atoms with E-state index in [1.165, 1.54) is 17.7 Å². The van der Waals surface area contributed by atoms with Gasteiger partial charge in [0, 0.05) is 47.9 Å². The van der Waals surface area contributed by atoms with Crippen molar-refractivity contribution < 1.29 is 18.4 Å². The Morgan fingerprint density at radius 2 is 1.86 bits per heavy atom. The zero-order valence-electron chi connectivity index (χ0n) is 24.5. The molecule has 9 nitrogen and oxygen atoms in total. The fraction of sp³-hybridized carbons (Fsp3) is 0.419. The van der Waals surface area contributed by atoms with Gasteiger partial charge in [-0.3, -0.25) is 19.2 Å². The van der Waals surface area contributed by atoms with Crippen LogP contribution in [0.15, 0.2) is 41.3 Å². The Balaban J connectivity index is 1.36. The molecule has 43 heavy (non-hydrogen) atoms. The molecule has 6 rings (SSSR count). The first kappa shape index (κ1) is 29.4. The zero-order chi connectivity index (χ0) is 30.8. The summed E-state index contributed by atoms with van der Waals surface area (Å²) in [5.74, 6) is 0.591. The first-order valence-electron chi connectivity index (χ1n) is 14.2. The van der Waals surface area contributed by atoms with E-state index in [2.05, 4.69) is 53.1 Å². The number of carbonyl (C=O) groups is 2. The number of piperidine rings is 1. The molecule has 3 aromatic heterocycles. The quantitative estimate of drug-likeness (QED) is 0.176. The van der Waals surface area contributed by atoms with Crippen molar-refractivity contribution in [1.82, 2.24) is 29.6 Å². The summed E-state index contributed by atoms with van der Waals surface area (Å²) in [6.07, 6.45) is 1.99. The van der Waals surface area contributed by atoms with E-state index in [4.69, 9.17) is 0 Å². The topological polar surface area (TPSA) is 106 Å². The van der Waals surface area contributed by atoms with E-state index in [0.29, 0.717) is 39.2 Å². The molecule has 1 unspecified atom stereocenters. The molecule has 1 aromatic carbocycles. The van der Waals surface area contributed by atoms with Crippen LogP contribution in [0, 0.1) is 19.3 Å². The van der Waals surface area contributed by atoms with E-state index < -0.39 is 12.5 Å². The van der Waals surface area contributed by atoms with Crippen molar-refractivity contribution >= 4 is 44.3 Å². The van der Waals surface area contributed by atoms with Crippen LogP contribution in [0.4, 0.5) is 14.6 Å². The van der Waals surface area contributed by atoms with E-state index in [1.54, 1.807) is 25.4 Å². The molecule has 0 bridgehead atoms. The van der Waals surface area contributed by atoms with E-state index in [1.807, 2.05) is 26.0 Å². The van der Waals surface area contributed by atoms with Gasteiger partial charge in [-0.2, -0.15) is 5.10 Å². The number of amides is 1. The van der Waals surface area contributed by atoms with Gasteiger partial charge in [-0.05, 0) is 84.3 Å². The minimum absolute atomic E-state index is 0.00584. The van der Waals surface area contributed by atoms with Gasteiger partial charge < -0.3 is 5.32 Å². The number of halogens is 3. The summed E-state index contributed by atoms with van der Waals surface area (Å²) in [6, 6.07) is 6.36. The Morgan fingerprint density at radius 3 is 2.53 bits per heavy atom. The van der Waals surface area contributed by atoms with Gasteiger partial charge in [0.1, 0.15) is 21.9 Å². The average Bonchev–Trinajstić information content (AvgIpc) is 3.31. The van der Waals surface area contributed by atoms with E-state index in [0.717, 1.165) is 12.0 Å². The SMILES string of the molecule is CC(=O)c1nn(CC(C)N2[C@H](C(=O)Nc3nc(Br)ccc3C)C[C@@]3(C)C[C@@H]23)c2c(C(F)F)cc(-c3cnc(C)nc3)cc12. The summed E-state index contributed by atoms with van der Waals surface area (Å²) in [5, 5.41) is 7.92. The molecule has 1 N–H and O–H groups in total. The van der Waals surface area contributed by atoms with Crippen molar-refractivity contribution in [2.45, 2.75) is 78.6 Å². The Hall–Kier alpha value is -3.64. The summed E-state index contributed by atoms with van der Waals surface area (Å²) in [6.45, 7) is 9.39. The summed E-state index contributed by atoms with van der Waals surface area (Å²) in [4.78, 5) is 41.3. The van der Waals surface area contributed by atoms with Crippen LogP contribution in [0.25, 0.3) is 22.0 Å². The van der Waals surface area contributed by atoms with Gasteiger partial charge in [0.25, 0.3) is 6.43 Å². The van der Waals surface area contributed by atoms with Crippen LogP contribution in [-0.4, -0.2) is 59.4 Å². The van der Waals surface area contributed by atoms with E-state index >= 15 is 0 Å². The molecular formula is C31H32BrF2N7O2. The Kier molecular flexibility index (Phi) is 7.40. The van der Waals surface area contributed by atoms with Crippen molar-refractivity contribution in [3.8, 4) is 11.1 Å². The number of nitrogens with one attached hydrogen (secondary N) is 1. The number of benzene rings is 1. The molecule has 1 saturated heterocycles. The lowest BCUT2D eigenvalue weighted by molar-refractivity contribution is -0.121. The number of nitrogens with zero attached hydrogens (tertiary/aromatic N) is 6. The predicted molar refractivity (Wildman–Crippen MR) is 162 cm³/mol. The fourth-order valence-corrected chi connectivity index (χ4v) is 6.78. The van der Waals surface area contributed by atoms with Crippen LogP contribution in [0.5, 0.6) is 0 Å². The van der Waals surface area contributed by atoms with Crippen LogP contribution in [0.3, 0.4) is 0 Å². The van der Waals surface area contributed by atoms with Gasteiger partial charge in [0.05, 0.1) is 18.1 Å². The third kappa shape index (κ3) is 5.35. The molecule has 12 heteroatoms. The molecule has 0 spiro atoms. The zero-order valence-corrected chi connectivity index (χ0v) is 26.1. The highest BCUT2D eigenvalue weighted by atomic mass is 79.9. The van der Waals surface area contributed by atoms with Gasteiger partial charge in [0.2, 0.25) is 5.91 Å². The number of rotatable bonds is 8. The van der Waals surface area contributed by atoms with Crippen LogP contribution in [0.1, 0.15) is 67.5 Å². The fourth-order valence-electron chi connectivity index (χ4n) is 6.47. The Bertz CT molecular complexity index is 1760. The predicted octanol–water partition coefficient (Wildman–Crippen LogP) is 6.29. The molecule has 1 aliphatic carbocycles. The molecule has 224 valence electrons. The smallest absolute Gasteiger partial charge is 0.265 e. The number of fused-ring (bicyclic) bond motifs is 2. The minimum atomic E-state index is -2.81. The molecule has 4 heterocycles. The van der Waals surface area contributed by atoms with Crippen LogP contribution in [-0.2, 0) is 11.3 Å². The minimum Gasteiger partial charge on any atom is -0.309 e. The number of alkyl halides is 2. The van der Waals surface area contributed by atoms with Crippen LogP contribution < -0.4 is 5.32 Å². The van der Waals surface area contributed by atoms with Gasteiger partial charge >= 0.3 is 0 Å². The van der Waals surface area contributed by atoms with Crippen molar-refractivity contribution in [2.24, 2.45) is 5.41 Å². The number of aryl methyl sites for hydroxylation is 2. The van der Waals surface area contributed by atoms with Gasteiger partial charge in [0.15, 0.2) is 5.78 Å². The maximum atomic E-state index is 14.6. The molecule has 2 fully saturated rings. The van der Waals surface area contributed by atoms with Crippen molar-refractivity contribution in [1.29, 1.82) is 0 Å². The number of hydrogen-bond donors (Lipinski definition) is 1.